The Kier molecular flexibility index (Phi) is 5.19. The number of para-hydroxylation sites is 1. The standard InChI is InChI=1S/C15H18N2O2/c1-16-15-8-7-13(11-17-15)12-18-9-10-19-14-5-3-2-4-6-14/h2-8,11H,9-10,12H2,1H3,(H,16,17). The predicted molar refractivity (Wildman–Crippen MR) is 75.4 cm³/mol. The SMILES string of the molecule is CNc1ccc(COCCOc2ccccc2)cn1. The molecule has 1 aromatic heterocycles. The summed E-state index contributed by atoms with van der Waals surface area (Å²) in [5, 5.41) is 2.98. The summed E-state index contributed by atoms with van der Waals surface area (Å²) in [6.07, 6.45) is 1.81. The average Bonchev–Trinajstić information content (AvgIpc) is 2.49. The molecular formula is C15H18N2O2. The Morgan fingerprint density at radius 2 is 1.89 bits per heavy atom. The second kappa shape index (κ2) is 7.38. The quantitative estimate of drug-likeness (QED) is 0.775. The number of rotatable bonds is 7. The molecule has 4 heteroatoms. The largest absolute Gasteiger partial charge is 0.491 e. The molecule has 0 amide bonds. The van der Waals surface area contributed by atoms with Gasteiger partial charge in [-0.2, -0.15) is 0 Å². The van der Waals surface area contributed by atoms with Crippen LogP contribution in [0, 0.1) is 0 Å². The lowest BCUT2D eigenvalue weighted by atomic mass is 10.3. The van der Waals surface area contributed by atoms with Crippen LogP contribution in [0.1, 0.15) is 5.56 Å². The van der Waals surface area contributed by atoms with Crippen LogP contribution in [0.3, 0.4) is 0 Å². The topological polar surface area (TPSA) is 43.4 Å². The van der Waals surface area contributed by atoms with E-state index in [4.69, 9.17) is 9.47 Å². The molecule has 1 N–H and O–H groups in total. The molecular weight excluding hydrogens is 240 g/mol. The fourth-order valence-corrected chi connectivity index (χ4v) is 1.58. The lowest BCUT2D eigenvalue weighted by Gasteiger charge is -2.07. The van der Waals surface area contributed by atoms with Crippen molar-refractivity contribution in [3.05, 3.63) is 54.2 Å². The Morgan fingerprint density at radius 3 is 2.58 bits per heavy atom. The Labute approximate surface area is 113 Å². The van der Waals surface area contributed by atoms with E-state index in [-0.39, 0.29) is 0 Å². The third-order valence-electron chi connectivity index (χ3n) is 2.59. The summed E-state index contributed by atoms with van der Waals surface area (Å²) in [6, 6.07) is 13.7. The van der Waals surface area contributed by atoms with E-state index in [1.165, 1.54) is 0 Å². The van der Waals surface area contributed by atoms with Crippen molar-refractivity contribution in [3.63, 3.8) is 0 Å². The van der Waals surface area contributed by atoms with E-state index in [0.717, 1.165) is 17.1 Å². The van der Waals surface area contributed by atoms with Crippen molar-refractivity contribution in [1.82, 2.24) is 4.98 Å². The molecule has 19 heavy (non-hydrogen) atoms. The van der Waals surface area contributed by atoms with Gasteiger partial charge in [0, 0.05) is 13.2 Å². The predicted octanol–water partition coefficient (Wildman–Crippen LogP) is 2.72. The average molecular weight is 258 g/mol. The van der Waals surface area contributed by atoms with Crippen LogP contribution >= 0.6 is 0 Å². The second-order valence-corrected chi connectivity index (χ2v) is 4.02. The zero-order chi connectivity index (χ0) is 13.3. The summed E-state index contributed by atoms with van der Waals surface area (Å²) >= 11 is 0. The Bertz CT molecular complexity index is 471. The van der Waals surface area contributed by atoms with Crippen molar-refractivity contribution in [3.8, 4) is 5.75 Å². The molecule has 4 nitrogen and oxygen atoms in total. The third-order valence-corrected chi connectivity index (χ3v) is 2.59. The summed E-state index contributed by atoms with van der Waals surface area (Å²) in [5.41, 5.74) is 1.05. The Hall–Kier alpha value is -2.07. The molecule has 0 atom stereocenters. The maximum Gasteiger partial charge on any atom is 0.125 e. The van der Waals surface area contributed by atoms with Crippen LogP contribution < -0.4 is 10.1 Å². The normalized spacial score (nSPS) is 10.2. The Balaban J connectivity index is 1.63. The molecule has 0 aliphatic rings. The van der Waals surface area contributed by atoms with Gasteiger partial charge in [0.05, 0.1) is 13.2 Å². The van der Waals surface area contributed by atoms with E-state index < -0.39 is 0 Å². The first-order valence-corrected chi connectivity index (χ1v) is 6.27. The van der Waals surface area contributed by atoms with Gasteiger partial charge in [-0.05, 0) is 23.8 Å². The molecule has 0 saturated heterocycles. The van der Waals surface area contributed by atoms with Gasteiger partial charge in [-0.1, -0.05) is 24.3 Å². The van der Waals surface area contributed by atoms with Crippen molar-refractivity contribution in [2.75, 3.05) is 25.6 Å². The lowest BCUT2D eigenvalue weighted by molar-refractivity contribution is 0.0888. The molecule has 0 aliphatic heterocycles. The highest BCUT2D eigenvalue weighted by molar-refractivity contribution is 5.34. The molecule has 0 saturated carbocycles. The molecule has 0 unspecified atom stereocenters. The molecule has 0 radical (unpaired) electrons. The van der Waals surface area contributed by atoms with Crippen molar-refractivity contribution >= 4 is 5.82 Å². The number of nitrogens with one attached hydrogen (secondary N) is 1. The van der Waals surface area contributed by atoms with Crippen LogP contribution in [-0.2, 0) is 11.3 Å². The smallest absolute Gasteiger partial charge is 0.125 e. The van der Waals surface area contributed by atoms with Crippen LogP contribution in [0.4, 0.5) is 5.82 Å². The number of benzene rings is 1. The molecule has 2 rings (SSSR count). The van der Waals surface area contributed by atoms with Gasteiger partial charge in [-0.15, -0.1) is 0 Å². The van der Waals surface area contributed by atoms with E-state index >= 15 is 0 Å². The van der Waals surface area contributed by atoms with Crippen LogP contribution in [0.2, 0.25) is 0 Å². The number of hydrogen-bond donors (Lipinski definition) is 1. The van der Waals surface area contributed by atoms with Gasteiger partial charge in [0.25, 0.3) is 0 Å². The minimum atomic E-state index is 0.548. The van der Waals surface area contributed by atoms with Gasteiger partial charge in [0.15, 0.2) is 0 Å². The summed E-state index contributed by atoms with van der Waals surface area (Å²) < 4.78 is 11.1. The number of ether oxygens (including phenoxy) is 2. The van der Waals surface area contributed by atoms with Crippen LogP contribution in [0.25, 0.3) is 0 Å². The van der Waals surface area contributed by atoms with E-state index in [1.54, 1.807) is 0 Å². The Morgan fingerprint density at radius 1 is 1.05 bits per heavy atom. The highest BCUT2D eigenvalue weighted by atomic mass is 16.5. The van der Waals surface area contributed by atoms with E-state index in [1.807, 2.05) is 55.7 Å². The van der Waals surface area contributed by atoms with Crippen molar-refractivity contribution in [2.24, 2.45) is 0 Å². The molecule has 0 bridgehead atoms. The zero-order valence-corrected chi connectivity index (χ0v) is 11.0. The highest BCUT2D eigenvalue weighted by Gasteiger charge is 1.96. The number of hydrogen-bond acceptors (Lipinski definition) is 4. The number of anilines is 1. The fraction of sp³-hybridized carbons (Fsp3) is 0.267. The summed E-state index contributed by atoms with van der Waals surface area (Å²) in [6.45, 7) is 1.66. The van der Waals surface area contributed by atoms with Crippen LogP contribution in [-0.4, -0.2) is 25.2 Å². The first kappa shape index (κ1) is 13.4. The van der Waals surface area contributed by atoms with E-state index in [2.05, 4.69) is 10.3 Å². The van der Waals surface area contributed by atoms with E-state index in [9.17, 15) is 0 Å². The molecule has 2 aromatic rings. The van der Waals surface area contributed by atoms with Crippen LogP contribution in [0.15, 0.2) is 48.7 Å². The maximum absolute atomic E-state index is 5.53. The zero-order valence-electron chi connectivity index (χ0n) is 11.0. The number of aromatic nitrogens is 1. The van der Waals surface area contributed by atoms with Gasteiger partial charge in [0.2, 0.25) is 0 Å². The molecule has 0 spiro atoms. The highest BCUT2D eigenvalue weighted by Crippen LogP contribution is 2.08. The van der Waals surface area contributed by atoms with Crippen molar-refractivity contribution in [2.45, 2.75) is 6.61 Å². The first-order valence-electron chi connectivity index (χ1n) is 6.27. The van der Waals surface area contributed by atoms with Gasteiger partial charge >= 0.3 is 0 Å². The molecule has 0 fully saturated rings. The summed E-state index contributed by atoms with van der Waals surface area (Å²) in [5.74, 6) is 1.72. The first-order chi connectivity index (χ1) is 9.38. The van der Waals surface area contributed by atoms with Gasteiger partial charge in [0.1, 0.15) is 18.2 Å². The molecule has 1 heterocycles. The third kappa shape index (κ3) is 4.60. The molecule has 1 aromatic carbocycles. The van der Waals surface area contributed by atoms with Crippen LogP contribution in [0.5, 0.6) is 5.75 Å². The molecule has 0 aliphatic carbocycles. The van der Waals surface area contributed by atoms with E-state index in [0.29, 0.717) is 19.8 Å². The van der Waals surface area contributed by atoms with Crippen molar-refractivity contribution < 1.29 is 9.47 Å². The summed E-state index contributed by atoms with van der Waals surface area (Å²) in [4.78, 5) is 4.22. The monoisotopic (exact) mass is 258 g/mol. The fourth-order valence-electron chi connectivity index (χ4n) is 1.58. The minimum absolute atomic E-state index is 0.548. The number of pyridine rings is 1. The van der Waals surface area contributed by atoms with Gasteiger partial charge < -0.3 is 14.8 Å². The lowest BCUT2D eigenvalue weighted by Crippen LogP contribution is -2.06. The molecule has 100 valence electrons. The van der Waals surface area contributed by atoms with Crippen molar-refractivity contribution in [1.29, 1.82) is 0 Å². The maximum atomic E-state index is 5.53. The van der Waals surface area contributed by atoms with Gasteiger partial charge in [-0.25, -0.2) is 4.98 Å². The number of nitrogens with zero attached hydrogens (tertiary/aromatic N) is 1. The van der Waals surface area contributed by atoms with Gasteiger partial charge in [-0.3, -0.25) is 0 Å². The summed E-state index contributed by atoms with van der Waals surface area (Å²) in [7, 11) is 1.85. The second-order valence-electron chi connectivity index (χ2n) is 4.02. The minimum Gasteiger partial charge on any atom is -0.491 e.